The minimum Gasteiger partial charge on any atom is -0.489 e. The molecule has 2 atom stereocenters. The van der Waals surface area contributed by atoms with Crippen molar-refractivity contribution in [3.63, 3.8) is 0 Å². The summed E-state index contributed by atoms with van der Waals surface area (Å²) in [5.74, 6) is 1.23. The van der Waals surface area contributed by atoms with Crippen molar-refractivity contribution in [1.29, 1.82) is 0 Å². The second kappa shape index (κ2) is 10.7. The van der Waals surface area contributed by atoms with Crippen molar-refractivity contribution in [1.82, 2.24) is 15.5 Å². The van der Waals surface area contributed by atoms with Crippen LogP contribution >= 0.6 is 0 Å². The van der Waals surface area contributed by atoms with E-state index in [1.807, 2.05) is 6.92 Å². The second-order valence-corrected chi connectivity index (χ2v) is 6.83. The first-order valence-electron chi connectivity index (χ1n) is 9.16. The molecule has 1 aliphatic heterocycles. The predicted octanol–water partition coefficient (Wildman–Crippen LogP) is 1.25. The fraction of sp³-hybridized carbons (Fsp3) is 0.579. The van der Waals surface area contributed by atoms with E-state index in [4.69, 9.17) is 9.47 Å². The van der Waals surface area contributed by atoms with Gasteiger partial charge in [0.2, 0.25) is 5.91 Å². The fourth-order valence-electron chi connectivity index (χ4n) is 2.48. The molecule has 1 amide bonds. The van der Waals surface area contributed by atoms with Gasteiger partial charge in [-0.05, 0) is 37.6 Å². The van der Waals surface area contributed by atoms with Crippen molar-refractivity contribution in [2.24, 2.45) is 10.9 Å². The Labute approximate surface area is 159 Å². The van der Waals surface area contributed by atoms with Crippen molar-refractivity contribution in [3.05, 3.63) is 30.1 Å². The Kier molecular flexibility index (Phi) is 8.32. The third-order valence-corrected chi connectivity index (χ3v) is 4.16. The van der Waals surface area contributed by atoms with Gasteiger partial charge in [0.1, 0.15) is 24.2 Å². The van der Waals surface area contributed by atoms with Crippen LogP contribution in [0, 0.1) is 11.7 Å². The number of likely N-dealkylation sites (N-methyl/N-ethyl adjacent to an activating group) is 1. The van der Waals surface area contributed by atoms with Gasteiger partial charge in [0.25, 0.3) is 0 Å². The topological polar surface area (TPSA) is 75.2 Å². The summed E-state index contributed by atoms with van der Waals surface area (Å²) in [5.41, 5.74) is 0. The molecule has 2 N–H and O–H groups in total. The fourth-order valence-corrected chi connectivity index (χ4v) is 2.48. The molecule has 0 aromatic heterocycles. The minimum atomic E-state index is -0.298. The van der Waals surface area contributed by atoms with Gasteiger partial charge < -0.3 is 25.0 Å². The van der Waals surface area contributed by atoms with Gasteiger partial charge in [0, 0.05) is 33.2 Å². The number of nitrogens with one attached hydrogen (secondary N) is 2. The van der Waals surface area contributed by atoms with Crippen LogP contribution in [0.2, 0.25) is 0 Å². The molecule has 0 spiro atoms. The number of benzene rings is 1. The van der Waals surface area contributed by atoms with Crippen LogP contribution in [0.5, 0.6) is 5.75 Å². The molecule has 8 heteroatoms. The standard InChI is InChI=1S/C19H29FN4O3/c1-14(27-17-6-4-16(20)5-7-17)10-21-19(23-12-18(25)24(2)3)22-11-15-8-9-26-13-15/h4-7,14-15H,8-13H2,1-3H3,(H2,21,22,23). The molecule has 1 aliphatic rings. The molecule has 0 radical (unpaired) electrons. The number of rotatable bonds is 8. The first-order chi connectivity index (χ1) is 12.9. The van der Waals surface area contributed by atoms with E-state index in [-0.39, 0.29) is 24.4 Å². The van der Waals surface area contributed by atoms with Crippen LogP contribution in [0.25, 0.3) is 0 Å². The van der Waals surface area contributed by atoms with E-state index >= 15 is 0 Å². The summed E-state index contributed by atoms with van der Waals surface area (Å²) < 4.78 is 24.1. The van der Waals surface area contributed by atoms with Crippen LogP contribution in [0.3, 0.4) is 0 Å². The zero-order chi connectivity index (χ0) is 19.6. The molecule has 0 aliphatic carbocycles. The third kappa shape index (κ3) is 7.82. The number of carbonyl (C=O) groups excluding carboxylic acids is 1. The number of aliphatic imine (C=N–C) groups is 1. The van der Waals surface area contributed by atoms with Gasteiger partial charge in [0.15, 0.2) is 5.96 Å². The minimum absolute atomic E-state index is 0.0662. The van der Waals surface area contributed by atoms with Gasteiger partial charge in [-0.3, -0.25) is 4.79 Å². The molecule has 150 valence electrons. The molecule has 1 saturated heterocycles. The lowest BCUT2D eigenvalue weighted by molar-refractivity contribution is -0.127. The Morgan fingerprint density at radius 1 is 1.37 bits per heavy atom. The average molecular weight is 380 g/mol. The van der Waals surface area contributed by atoms with E-state index < -0.39 is 0 Å². The number of halogens is 1. The third-order valence-electron chi connectivity index (χ3n) is 4.16. The van der Waals surface area contributed by atoms with E-state index in [1.54, 1.807) is 26.2 Å². The number of carbonyl (C=O) groups is 1. The van der Waals surface area contributed by atoms with Gasteiger partial charge >= 0.3 is 0 Å². The lowest BCUT2D eigenvalue weighted by atomic mass is 10.1. The zero-order valence-electron chi connectivity index (χ0n) is 16.2. The van der Waals surface area contributed by atoms with E-state index in [9.17, 15) is 9.18 Å². The monoisotopic (exact) mass is 380 g/mol. The molecule has 1 fully saturated rings. The summed E-state index contributed by atoms with van der Waals surface area (Å²) in [6.45, 7) is 4.71. The highest BCUT2D eigenvalue weighted by Gasteiger charge is 2.16. The van der Waals surface area contributed by atoms with Crippen molar-refractivity contribution in [2.45, 2.75) is 19.4 Å². The Bertz CT molecular complexity index is 616. The molecule has 1 aromatic rings. The Morgan fingerprint density at radius 2 is 2.11 bits per heavy atom. The summed E-state index contributed by atoms with van der Waals surface area (Å²) >= 11 is 0. The number of hydrogen-bond donors (Lipinski definition) is 2. The molecule has 1 heterocycles. The number of hydrogen-bond acceptors (Lipinski definition) is 4. The maximum atomic E-state index is 13.0. The Morgan fingerprint density at radius 3 is 2.74 bits per heavy atom. The van der Waals surface area contributed by atoms with Crippen LogP contribution in [-0.2, 0) is 9.53 Å². The van der Waals surface area contributed by atoms with Gasteiger partial charge in [-0.25, -0.2) is 9.38 Å². The lowest BCUT2D eigenvalue weighted by Gasteiger charge is -2.19. The maximum absolute atomic E-state index is 13.0. The largest absolute Gasteiger partial charge is 0.489 e. The van der Waals surface area contributed by atoms with E-state index in [0.29, 0.717) is 24.2 Å². The average Bonchev–Trinajstić information content (AvgIpc) is 3.16. The highest BCUT2D eigenvalue weighted by atomic mass is 19.1. The summed E-state index contributed by atoms with van der Waals surface area (Å²) in [7, 11) is 3.40. The summed E-state index contributed by atoms with van der Waals surface area (Å²) in [5, 5.41) is 6.46. The van der Waals surface area contributed by atoms with Crippen LogP contribution in [0.1, 0.15) is 13.3 Å². The first-order valence-corrected chi connectivity index (χ1v) is 9.16. The lowest BCUT2D eigenvalue weighted by Crippen LogP contribution is -2.44. The zero-order valence-corrected chi connectivity index (χ0v) is 16.2. The molecular formula is C19H29FN4O3. The Hall–Kier alpha value is -2.35. The van der Waals surface area contributed by atoms with Crippen LogP contribution in [0.4, 0.5) is 4.39 Å². The van der Waals surface area contributed by atoms with E-state index in [0.717, 1.165) is 26.2 Å². The molecule has 0 bridgehead atoms. The maximum Gasteiger partial charge on any atom is 0.243 e. The van der Waals surface area contributed by atoms with Crippen molar-refractivity contribution >= 4 is 11.9 Å². The molecule has 0 saturated carbocycles. The van der Waals surface area contributed by atoms with Gasteiger partial charge in [-0.1, -0.05) is 0 Å². The smallest absolute Gasteiger partial charge is 0.243 e. The van der Waals surface area contributed by atoms with E-state index in [1.165, 1.54) is 17.0 Å². The molecule has 7 nitrogen and oxygen atoms in total. The number of ether oxygens (including phenoxy) is 2. The van der Waals surface area contributed by atoms with Crippen molar-refractivity contribution < 1.29 is 18.7 Å². The predicted molar refractivity (Wildman–Crippen MR) is 102 cm³/mol. The number of amides is 1. The number of nitrogens with zero attached hydrogens (tertiary/aromatic N) is 2. The van der Waals surface area contributed by atoms with Crippen LogP contribution in [-0.4, -0.2) is 69.8 Å². The SMILES string of the molecule is CC(CNC(=NCC(=O)N(C)C)NCC1CCOC1)Oc1ccc(F)cc1. The molecule has 2 unspecified atom stereocenters. The Balaban J connectivity index is 1.85. The highest BCUT2D eigenvalue weighted by Crippen LogP contribution is 2.13. The molecule has 1 aromatic carbocycles. The second-order valence-electron chi connectivity index (χ2n) is 6.83. The van der Waals surface area contributed by atoms with Crippen LogP contribution in [0.15, 0.2) is 29.3 Å². The molecular weight excluding hydrogens is 351 g/mol. The van der Waals surface area contributed by atoms with Gasteiger partial charge in [-0.2, -0.15) is 0 Å². The van der Waals surface area contributed by atoms with E-state index in [2.05, 4.69) is 15.6 Å². The van der Waals surface area contributed by atoms with Gasteiger partial charge in [0.05, 0.1) is 13.2 Å². The van der Waals surface area contributed by atoms with Crippen molar-refractivity contribution in [3.8, 4) is 5.75 Å². The summed E-state index contributed by atoms with van der Waals surface area (Å²) in [6.07, 6.45) is 0.850. The highest BCUT2D eigenvalue weighted by molar-refractivity contribution is 5.84. The van der Waals surface area contributed by atoms with Crippen molar-refractivity contribution in [2.75, 3.05) is 46.9 Å². The first kappa shape index (κ1) is 21.0. The quantitative estimate of drug-likeness (QED) is 0.525. The number of guanidine groups is 1. The van der Waals surface area contributed by atoms with Gasteiger partial charge in [-0.15, -0.1) is 0 Å². The summed E-state index contributed by atoms with van der Waals surface area (Å²) in [6, 6.07) is 5.91. The molecule has 2 rings (SSSR count). The molecule has 27 heavy (non-hydrogen) atoms. The summed E-state index contributed by atoms with van der Waals surface area (Å²) in [4.78, 5) is 17.7. The van der Waals surface area contributed by atoms with Crippen LogP contribution < -0.4 is 15.4 Å². The normalized spacial score (nSPS) is 18.1.